The van der Waals surface area contributed by atoms with E-state index in [1.54, 1.807) is 6.92 Å². The Balaban J connectivity index is 1.48. The minimum Gasteiger partial charge on any atom is -0.323 e. The monoisotopic (exact) mass is 372 g/mol. The Bertz CT molecular complexity index is 949. The average molecular weight is 372 g/mol. The number of carbonyl (C=O) groups excluding carboxylic acids is 3. The fourth-order valence-corrected chi connectivity index (χ4v) is 4.58. The van der Waals surface area contributed by atoms with Crippen LogP contribution < -0.4 is 10.6 Å². The van der Waals surface area contributed by atoms with Gasteiger partial charge in [-0.1, -0.05) is 17.4 Å². The van der Waals surface area contributed by atoms with E-state index in [1.807, 2.05) is 26.0 Å². The number of thiazole rings is 1. The molecule has 1 saturated heterocycles. The van der Waals surface area contributed by atoms with Crippen molar-refractivity contribution in [3.8, 4) is 0 Å². The average Bonchev–Trinajstić information content (AvgIpc) is 3.30. The number of benzene rings is 1. The molecule has 1 aliphatic heterocycles. The summed E-state index contributed by atoms with van der Waals surface area (Å²) in [5, 5.41) is 5.92. The van der Waals surface area contributed by atoms with Gasteiger partial charge in [-0.25, -0.2) is 9.78 Å². The maximum Gasteiger partial charge on any atom is 0.325 e. The summed E-state index contributed by atoms with van der Waals surface area (Å²) in [7, 11) is 0. The summed E-state index contributed by atoms with van der Waals surface area (Å²) in [6.45, 7) is 5.42. The molecule has 0 spiro atoms. The number of amides is 4. The maximum atomic E-state index is 12.6. The Morgan fingerprint density at radius 1 is 1.38 bits per heavy atom. The molecule has 2 aliphatic rings. The molecule has 4 amide bonds. The van der Waals surface area contributed by atoms with Crippen LogP contribution >= 0.6 is 11.3 Å². The van der Waals surface area contributed by atoms with Gasteiger partial charge >= 0.3 is 6.03 Å². The number of fused-ring (bicyclic) bond motifs is 1. The first-order chi connectivity index (χ1) is 12.3. The van der Waals surface area contributed by atoms with Crippen LogP contribution in [-0.2, 0) is 9.59 Å². The molecular formula is C18H20N4O3S. The van der Waals surface area contributed by atoms with Crippen LogP contribution in [0.5, 0.6) is 0 Å². The Hall–Kier alpha value is -2.48. The van der Waals surface area contributed by atoms with Gasteiger partial charge in [0.05, 0.1) is 10.2 Å². The molecule has 1 unspecified atom stereocenters. The standard InChI is InChI=1S/C18H20N4O3S/c1-9-6-10(2)14-12(7-9)26-16(20-14)19-13(23)8-22-15(24)18(3,11-4-5-11)21-17(22)25/h6-7,11H,4-5,8H2,1-3H3,(H,21,25)(H,19,20,23). The van der Waals surface area contributed by atoms with Crippen LogP contribution in [-0.4, -0.2) is 39.8 Å². The first kappa shape index (κ1) is 17.0. The van der Waals surface area contributed by atoms with E-state index in [0.29, 0.717) is 5.13 Å². The Morgan fingerprint density at radius 2 is 2.12 bits per heavy atom. The first-order valence-corrected chi connectivity index (χ1v) is 9.41. The van der Waals surface area contributed by atoms with Crippen LogP contribution in [0.25, 0.3) is 10.2 Å². The molecule has 1 aromatic heterocycles. The van der Waals surface area contributed by atoms with E-state index in [1.165, 1.54) is 11.3 Å². The van der Waals surface area contributed by atoms with Gasteiger partial charge in [0.1, 0.15) is 12.1 Å². The quantitative estimate of drug-likeness (QED) is 0.807. The number of aryl methyl sites for hydroxylation is 2. The van der Waals surface area contributed by atoms with Gasteiger partial charge in [0.2, 0.25) is 5.91 Å². The zero-order valence-corrected chi connectivity index (χ0v) is 15.7. The summed E-state index contributed by atoms with van der Waals surface area (Å²) in [6.07, 6.45) is 1.85. The molecule has 2 N–H and O–H groups in total. The minimum absolute atomic E-state index is 0.169. The van der Waals surface area contributed by atoms with Gasteiger partial charge in [-0.15, -0.1) is 0 Å². The second kappa shape index (κ2) is 5.77. The highest BCUT2D eigenvalue weighted by Gasteiger charge is 2.56. The van der Waals surface area contributed by atoms with E-state index < -0.39 is 17.5 Å². The summed E-state index contributed by atoms with van der Waals surface area (Å²) in [5.41, 5.74) is 2.16. The van der Waals surface area contributed by atoms with Gasteiger partial charge in [-0.05, 0) is 56.7 Å². The third-order valence-corrected chi connectivity index (χ3v) is 5.99. The Labute approximate surface area is 154 Å². The van der Waals surface area contributed by atoms with E-state index in [2.05, 4.69) is 15.6 Å². The molecule has 1 atom stereocenters. The predicted octanol–water partition coefficient (Wildman–Crippen LogP) is 2.57. The molecule has 2 heterocycles. The topological polar surface area (TPSA) is 91.4 Å². The van der Waals surface area contributed by atoms with Crippen LogP contribution in [0.4, 0.5) is 9.93 Å². The zero-order valence-electron chi connectivity index (χ0n) is 14.9. The molecule has 1 saturated carbocycles. The third-order valence-electron chi connectivity index (χ3n) is 5.07. The fraction of sp³-hybridized carbons (Fsp3) is 0.444. The highest BCUT2D eigenvalue weighted by Crippen LogP contribution is 2.42. The van der Waals surface area contributed by atoms with Gasteiger partial charge in [0.25, 0.3) is 5.91 Å². The predicted molar refractivity (Wildman–Crippen MR) is 99.1 cm³/mol. The lowest BCUT2D eigenvalue weighted by molar-refractivity contribution is -0.134. The molecule has 1 aromatic carbocycles. The lowest BCUT2D eigenvalue weighted by Crippen LogP contribution is -2.46. The lowest BCUT2D eigenvalue weighted by Gasteiger charge is -2.20. The highest BCUT2D eigenvalue weighted by atomic mass is 32.1. The molecule has 7 nitrogen and oxygen atoms in total. The Morgan fingerprint density at radius 3 is 2.81 bits per heavy atom. The molecule has 0 radical (unpaired) electrons. The zero-order chi connectivity index (χ0) is 18.6. The van der Waals surface area contributed by atoms with Crippen molar-refractivity contribution in [3.63, 3.8) is 0 Å². The number of imide groups is 1. The molecule has 4 rings (SSSR count). The van der Waals surface area contributed by atoms with Crippen molar-refractivity contribution in [2.75, 3.05) is 11.9 Å². The van der Waals surface area contributed by atoms with Crippen molar-refractivity contribution in [2.24, 2.45) is 5.92 Å². The highest BCUT2D eigenvalue weighted by molar-refractivity contribution is 7.22. The smallest absolute Gasteiger partial charge is 0.323 e. The molecule has 8 heteroatoms. The molecule has 1 aliphatic carbocycles. The Kier molecular flexibility index (Phi) is 3.76. The van der Waals surface area contributed by atoms with Crippen molar-refractivity contribution < 1.29 is 14.4 Å². The van der Waals surface area contributed by atoms with Crippen molar-refractivity contribution in [1.29, 1.82) is 0 Å². The summed E-state index contributed by atoms with van der Waals surface area (Å²) in [5.74, 6) is -0.583. The summed E-state index contributed by atoms with van der Waals surface area (Å²) < 4.78 is 0.995. The molecule has 136 valence electrons. The molecule has 2 aromatic rings. The van der Waals surface area contributed by atoms with Crippen LogP contribution in [0, 0.1) is 19.8 Å². The van der Waals surface area contributed by atoms with E-state index in [9.17, 15) is 14.4 Å². The molecule has 0 bridgehead atoms. The van der Waals surface area contributed by atoms with Gasteiger partial charge in [-0.3, -0.25) is 14.5 Å². The second-order valence-electron chi connectivity index (χ2n) is 7.29. The van der Waals surface area contributed by atoms with Gasteiger partial charge in [0.15, 0.2) is 5.13 Å². The number of urea groups is 1. The molecule has 2 fully saturated rings. The summed E-state index contributed by atoms with van der Waals surface area (Å²) in [4.78, 5) is 42.5. The number of rotatable bonds is 4. The number of nitrogens with one attached hydrogen (secondary N) is 2. The van der Waals surface area contributed by atoms with E-state index in [-0.39, 0.29) is 18.4 Å². The number of nitrogens with zero attached hydrogens (tertiary/aromatic N) is 2. The van der Waals surface area contributed by atoms with Crippen molar-refractivity contribution in [2.45, 2.75) is 39.2 Å². The van der Waals surface area contributed by atoms with Crippen LogP contribution in [0.3, 0.4) is 0 Å². The van der Waals surface area contributed by atoms with Crippen LogP contribution in [0.15, 0.2) is 12.1 Å². The fourth-order valence-electron chi connectivity index (χ4n) is 3.52. The normalized spacial score (nSPS) is 22.8. The summed E-state index contributed by atoms with van der Waals surface area (Å²) >= 11 is 1.38. The molecular weight excluding hydrogens is 352 g/mol. The van der Waals surface area contributed by atoms with Crippen molar-refractivity contribution >= 4 is 44.5 Å². The second-order valence-corrected chi connectivity index (χ2v) is 8.32. The van der Waals surface area contributed by atoms with Crippen molar-refractivity contribution in [1.82, 2.24) is 15.2 Å². The number of hydrogen-bond acceptors (Lipinski definition) is 5. The number of anilines is 1. The van der Waals surface area contributed by atoms with Crippen LogP contribution in [0.2, 0.25) is 0 Å². The lowest BCUT2D eigenvalue weighted by atomic mass is 9.96. The molecule has 26 heavy (non-hydrogen) atoms. The van der Waals surface area contributed by atoms with E-state index in [0.717, 1.165) is 39.1 Å². The van der Waals surface area contributed by atoms with Gasteiger partial charge in [-0.2, -0.15) is 0 Å². The first-order valence-electron chi connectivity index (χ1n) is 8.59. The minimum atomic E-state index is -0.873. The number of aromatic nitrogens is 1. The van der Waals surface area contributed by atoms with Crippen LogP contribution in [0.1, 0.15) is 30.9 Å². The van der Waals surface area contributed by atoms with E-state index >= 15 is 0 Å². The van der Waals surface area contributed by atoms with Gasteiger partial charge < -0.3 is 10.6 Å². The number of hydrogen-bond donors (Lipinski definition) is 2. The largest absolute Gasteiger partial charge is 0.325 e. The maximum absolute atomic E-state index is 12.6. The summed E-state index contributed by atoms with van der Waals surface area (Å²) in [6, 6.07) is 3.56. The van der Waals surface area contributed by atoms with Crippen molar-refractivity contribution in [3.05, 3.63) is 23.3 Å². The van der Waals surface area contributed by atoms with Gasteiger partial charge in [0, 0.05) is 0 Å². The number of carbonyl (C=O) groups is 3. The third kappa shape index (κ3) is 2.74. The SMILES string of the molecule is Cc1cc(C)c2nc(NC(=O)CN3C(=O)NC(C)(C4CC4)C3=O)sc2c1. The van der Waals surface area contributed by atoms with E-state index in [4.69, 9.17) is 0 Å².